The van der Waals surface area contributed by atoms with E-state index in [1.807, 2.05) is 19.1 Å². The predicted octanol–water partition coefficient (Wildman–Crippen LogP) is 5.26. The van der Waals surface area contributed by atoms with Crippen molar-refractivity contribution in [2.24, 2.45) is 0 Å². The summed E-state index contributed by atoms with van der Waals surface area (Å²) in [5, 5.41) is 0.607. The molecule has 3 rings (SSSR count). The monoisotopic (exact) mass is 368 g/mol. The molecular weight excluding hydrogens is 359 g/mol. The van der Waals surface area contributed by atoms with E-state index in [9.17, 15) is 4.39 Å². The number of hydrogen-bond donors (Lipinski definition) is 1. The first-order chi connectivity index (χ1) is 10.0. The largest absolute Gasteiger partial charge is 0.483 e. The van der Waals surface area contributed by atoms with Crippen molar-refractivity contribution in [3.05, 3.63) is 57.5 Å². The van der Waals surface area contributed by atoms with E-state index in [0.717, 1.165) is 0 Å². The van der Waals surface area contributed by atoms with Crippen LogP contribution in [-0.4, -0.2) is 9.97 Å². The average molecular weight is 370 g/mol. The van der Waals surface area contributed by atoms with E-state index in [4.69, 9.17) is 16.3 Å². The quantitative estimate of drug-likeness (QED) is 0.684. The van der Waals surface area contributed by atoms with Crippen molar-refractivity contribution in [1.29, 1.82) is 0 Å². The van der Waals surface area contributed by atoms with Gasteiger partial charge in [-0.3, -0.25) is 0 Å². The number of hydrogen-bond acceptors (Lipinski definition) is 2. The molecule has 0 saturated carbocycles. The van der Waals surface area contributed by atoms with Crippen LogP contribution in [0.1, 0.15) is 18.9 Å². The lowest BCUT2D eigenvalue weighted by molar-refractivity contribution is 0.218. The van der Waals surface area contributed by atoms with Crippen LogP contribution < -0.4 is 4.74 Å². The number of rotatable bonds is 3. The lowest BCUT2D eigenvalue weighted by atomic mass is 10.3. The van der Waals surface area contributed by atoms with Gasteiger partial charge in [0.05, 0.1) is 15.5 Å². The molecule has 0 aliphatic carbocycles. The molecule has 0 fully saturated rings. The van der Waals surface area contributed by atoms with Crippen LogP contribution in [0.3, 0.4) is 0 Å². The Bertz CT molecular complexity index is 766. The van der Waals surface area contributed by atoms with E-state index in [0.29, 0.717) is 32.1 Å². The van der Waals surface area contributed by atoms with Crippen LogP contribution in [0.5, 0.6) is 5.75 Å². The van der Waals surface area contributed by atoms with Gasteiger partial charge in [-0.25, -0.2) is 9.37 Å². The highest BCUT2D eigenvalue weighted by Gasteiger charge is 2.14. The van der Waals surface area contributed by atoms with Crippen LogP contribution in [0.25, 0.3) is 11.0 Å². The maximum absolute atomic E-state index is 13.5. The Kier molecular flexibility index (Phi) is 3.87. The standard InChI is InChI=1S/C15H11BrClFN2O/c1-8(21-10-4-2-3-9(17)5-10)15-19-13-6-11(16)12(18)7-14(13)20-15/h2-8H,1H3,(H,19,20). The van der Waals surface area contributed by atoms with Crippen molar-refractivity contribution < 1.29 is 9.13 Å². The molecule has 0 bridgehead atoms. The molecular formula is C15H11BrClFN2O. The summed E-state index contributed by atoms with van der Waals surface area (Å²) >= 11 is 9.07. The summed E-state index contributed by atoms with van der Waals surface area (Å²) in [6.07, 6.45) is -0.308. The molecule has 0 aliphatic rings. The lowest BCUT2D eigenvalue weighted by Crippen LogP contribution is -2.04. The summed E-state index contributed by atoms with van der Waals surface area (Å²) in [4.78, 5) is 7.49. The van der Waals surface area contributed by atoms with Crippen molar-refractivity contribution in [2.75, 3.05) is 0 Å². The first-order valence-corrected chi connectivity index (χ1v) is 7.47. The first-order valence-electron chi connectivity index (χ1n) is 6.30. The Balaban J connectivity index is 1.89. The van der Waals surface area contributed by atoms with Gasteiger partial charge in [-0.05, 0) is 47.1 Å². The van der Waals surface area contributed by atoms with Crippen LogP contribution in [0, 0.1) is 5.82 Å². The second kappa shape index (κ2) is 5.66. The van der Waals surface area contributed by atoms with Gasteiger partial charge in [0.2, 0.25) is 0 Å². The van der Waals surface area contributed by atoms with E-state index >= 15 is 0 Å². The third-order valence-corrected chi connectivity index (χ3v) is 3.88. The van der Waals surface area contributed by atoms with Gasteiger partial charge < -0.3 is 9.72 Å². The second-order valence-electron chi connectivity index (χ2n) is 4.62. The molecule has 1 heterocycles. The van der Waals surface area contributed by atoms with E-state index < -0.39 is 0 Å². The summed E-state index contributed by atoms with van der Waals surface area (Å²) in [6.45, 7) is 1.87. The van der Waals surface area contributed by atoms with Gasteiger partial charge in [0.15, 0.2) is 6.10 Å². The third-order valence-electron chi connectivity index (χ3n) is 3.04. The Morgan fingerprint density at radius 2 is 2.14 bits per heavy atom. The Morgan fingerprint density at radius 1 is 1.33 bits per heavy atom. The van der Waals surface area contributed by atoms with Gasteiger partial charge in [0.1, 0.15) is 17.4 Å². The number of H-pyrrole nitrogens is 1. The van der Waals surface area contributed by atoms with Gasteiger partial charge in [-0.2, -0.15) is 0 Å². The molecule has 1 unspecified atom stereocenters. The number of ether oxygens (including phenoxy) is 1. The Labute approximate surface area is 134 Å². The van der Waals surface area contributed by atoms with Gasteiger partial charge in [-0.1, -0.05) is 17.7 Å². The molecule has 21 heavy (non-hydrogen) atoms. The average Bonchev–Trinajstić information content (AvgIpc) is 2.82. The Morgan fingerprint density at radius 3 is 2.90 bits per heavy atom. The lowest BCUT2D eigenvalue weighted by Gasteiger charge is -2.12. The number of halogens is 3. The van der Waals surface area contributed by atoms with Crippen LogP contribution >= 0.6 is 27.5 Å². The van der Waals surface area contributed by atoms with E-state index in [1.54, 1.807) is 18.2 Å². The number of fused-ring (bicyclic) bond motifs is 1. The van der Waals surface area contributed by atoms with E-state index in [2.05, 4.69) is 25.9 Å². The van der Waals surface area contributed by atoms with Gasteiger partial charge in [-0.15, -0.1) is 0 Å². The number of nitrogens with zero attached hydrogens (tertiary/aromatic N) is 1. The van der Waals surface area contributed by atoms with E-state index in [-0.39, 0.29) is 11.9 Å². The van der Waals surface area contributed by atoms with Crippen molar-refractivity contribution in [3.8, 4) is 5.75 Å². The fourth-order valence-electron chi connectivity index (χ4n) is 2.02. The van der Waals surface area contributed by atoms with Crippen LogP contribution in [0.4, 0.5) is 4.39 Å². The van der Waals surface area contributed by atoms with Crippen molar-refractivity contribution in [1.82, 2.24) is 9.97 Å². The molecule has 2 aromatic carbocycles. The summed E-state index contributed by atoms with van der Waals surface area (Å²) in [7, 11) is 0. The number of imidazole rings is 1. The minimum Gasteiger partial charge on any atom is -0.483 e. The number of nitrogens with one attached hydrogen (secondary N) is 1. The number of benzene rings is 2. The van der Waals surface area contributed by atoms with Gasteiger partial charge in [0, 0.05) is 11.1 Å². The minimum atomic E-state index is -0.332. The highest BCUT2D eigenvalue weighted by atomic mass is 79.9. The third kappa shape index (κ3) is 3.04. The minimum absolute atomic E-state index is 0.308. The SMILES string of the molecule is CC(Oc1cccc(Cl)c1)c1nc2cc(Br)c(F)cc2[nH]1. The van der Waals surface area contributed by atoms with Crippen molar-refractivity contribution in [2.45, 2.75) is 13.0 Å². The summed E-state index contributed by atoms with van der Waals surface area (Å²) in [5.74, 6) is 0.950. The maximum Gasteiger partial charge on any atom is 0.153 e. The zero-order chi connectivity index (χ0) is 15.0. The highest BCUT2D eigenvalue weighted by molar-refractivity contribution is 9.10. The van der Waals surface area contributed by atoms with Crippen LogP contribution in [-0.2, 0) is 0 Å². The maximum atomic E-state index is 13.5. The normalized spacial score (nSPS) is 12.6. The molecule has 1 atom stereocenters. The molecule has 1 aromatic heterocycles. The van der Waals surface area contributed by atoms with Crippen LogP contribution in [0.2, 0.25) is 5.02 Å². The molecule has 0 aliphatic heterocycles. The molecule has 0 amide bonds. The van der Waals surface area contributed by atoms with Crippen LogP contribution in [0.15, 0.2) is 40.9 Å². The van der Waals surface area contributed by atoms with Gasteiger partial charge in [0.25, 0.3) is 0 Å². The molecule has 0 saturated heterocycles. The van der Waals surface area contributed by atoms with Crippen molar-refractivity contribution in [3.63, 3.8) is 0 Å². The molecule has 0 spiro atoms. The molecule has 108 valence electrons. The van der Waals surface area contributed by atoms with Crippen molar-refractivity contribution >= 4 is 38.6 Å². The molecule has 0 radical (unpaired) electrons. The molecule has 3 nitrogen and oxygen atoms in total. The zero-order valence-electron chi connectivity index (χ0n) is 11.0. The topological polar surface area (TPSA) is 37.9 Å². The molecule has 6 heteroatoms. The summed E-state index contributed by atoms with van der Waals surface area (Å²) < 4.78 is 19.7. The molecule has 1 N–H and O–H groups in total. The first kappa shape index (κ1) is 14.4. The number of aromatic nitrogens is 2. The Hall–Kier alpha value is -1.59. The predicted molar refractivity (Wildman–Crippen MR) is 84.2 cm³/mol. The smallest absolute Gasteiger partial charge is 0.153 e. The second-order valence-corrected chi connectivity index (χ2v) is 5.91. The fourth-order valence-corrected chi connectivity index (χ4v) is 2.53. The summed E-state index contributed by atoms with van der Waals surface area (Å²) in [5.41, 5.74) is 1.31. The highest BCUT2D eigenvalue weighted by Crippen LogP contribution is 2.26. The van der Waals surface area contributed by atoms with Gasteiger partial charge >= 0.3 is 0 Å². The van der Waals surface area contributed by atoms with E-state index in [1.165, 1.54) is 6.07 Å². The summed E-state index contributed by atoms with van der Waals surface area (Å²) in [6, 6.07) is 10.2. The zero-order valence-corrected chi connectivity index (χ0v) is 13.4. The fraction of sp³-hybridized carbons (Fsp3) is 0.133. The molecule has 3 aromatic rings. The number of aromatic amines is 1.